The Morgan fingerprint density at radius 1 is 0.852 bits per heavy atom. The topological polar surface area (TPSA) is 72.8 Å². The van der Waals surface area contributed by atoms with Gasteiger partial charge in [0, 0.05) is 29.1 Å². The van der Waals surface area contributed by atoms with E-state index in [2.05, 4.69) is 15.5 Å². The lowest BCUT2D eigenvalue weighted by atomic mass is 10.0. The fourth-order valence-corrected chi connectivity index (χ4v) is 2.55. The fraction of sp³-hybridized carbons (Fsp3) is 0.0952. The van der Waals surface area contributed by atoms with Crippen LogP contribution in [0.3, 0.4) is 0 Å². The van der Waals surface area contributed by atoms with Crippen LogP contribution in [0.2, 0.25) is 0 Å². The molecule has 3 aromatic rings. The molecular weight excluding hydrogens is 342 g/mol. The van der Waals surface area contributed by atoms with E-state index < -0.39 is 0 Å². The van der Waals surface area contributed by atoms with E-state index in [0.29, 0.717) is 22.8 Å². The van der Waals surface area contributed by atoms with Crippen LogP contribution >= 0.6 is 0 Å². The monoisotopic (exact) mass is 361 g/mol. The first-order valence-corrected chi connectivity index (χ1v) is 8.29. The van der Waals surface area contributed by atoms with Crippen LogP contribution in [0.4, 0.5) is 0 Å². The van der Waals surface area contributed by atoms with Crippen molar-refractivity contribution in [1.82, 2.24) is 10.4 Å². The van der Waals surface area contributed by atoms with Gasteiger partial charge in [-0.2, -0.15) is 5.10 Å². The van der Waals surface area contributed by atoms with Crippen LogP contribution in [0.15, 0.2) is 78.2 Å². The van der Waals surface area contributed by atoms with Crippen molar-refractivity contribution in [1.29, 1.82) is 0 Å². The first-order chi connectivity index (χ1) is 13.2. The van der Waals surface area contributed by atoms with Crippen LogP contribution in [0.1, 0.15) is 21.5 Å². The summed E-state index contributed by atoms with van der Waals surface area (Å²) in [5, 5.41) is 4.36. The highest BCUT2D eigenvalue weighted by Crippen LogP contribution is 2.27. The highest BCUT2D eigenvalue weighted by atomic mass is 16.5. The number of hydrogen-bond acceptors (Lipinski definition) is 5. The summed E-state index contributed by atoms with van der Waals surface area (Å²) >= 11 is 0. The van der Waals surface area contributed by atoms with Crippen molar-refractivity contribution in [2.24, 2.45) is 5.10 Å². The molecule has 1 amide bonds. The Bertz CT molecular complexity index is 900. The molecule has 0 radical (unpaired) electrons. The number of nitrogens with one attached hydrogen (secondary N) is 1. The first kappa shape index (κ1) is 18.1. The molecule has 6 heteroatoms. The van der Waals surface area contributed by atoms with Crippen LogP contribution in [-0.2, 0) is 0 Å². The molecule has 0 aliphatic carbocycles. The molecule has 0 saturated carbocycles. The summed E-state index contributed by atoms with van der Waals surface area (Å²) in [5.41, 5.74) is 5.41. The van der Waals surface area contributed by atoms with E-state index in [1.54, 1.807) is 37.7 Å². The van der Waals surface area contributed by atoms with E-state index in [0.717, 1.165) is 11.1 Å². The number of amides is 1. The van der Waals surface area contributed by atoms with E-state index in [1.807, 2.05) is 42.5 Å². The molecule has 1 heterocycles. The number of rotatable bonds is 6. The van der Waals surface area contributed by atoms with E-state index in [1.165, 1.54) is 7.11 Å². The van der Waals surface area contributed by atoms with Gasteiger partial charge < -0.3 is 9.47 Å². The largest absolute Gasteiger partial charge is 0.493 e. The molecule has 3 rings (SSSR count). The van der Waals surface area contributed by atoms with Gasteiger partial charge in [-0.05, 0) is 30.3 Å². The Morgan fingerprint density at radius 2 is 1.52 bits per heavy atom. The molecule has 6 nitrogen and oxygen atoms in total. The van der Waals surface area contributed by atoms with Crippen LogP contribution in [0.25, 0.3) is 0 Å². The molecule has 0 atom stereocenters. The van der Waals surface area contributed by atoms with Crippen molar-refractivity contribution >= 4 is 11.6 Å². The zero-order chi connectivity index (χ0) is 19.1. The zero-order valence-electron chi connectivity index (χ0n) is 15.0. The number of hydrazone groups is 1. The summed E-state index contributed by atoms with van der Waals surface area (Å²) in [6.07, 6.45) is 3.37. The van der Waals surface area contributed by atoms with Gasteiger partial charge >= 0.3 is 0 Å². The number of aromatic nitrogens is 1. The Morgan fingerprint density at radius 3 is 2.19 bits per heavy atom. The number of carbonyl (C=O) groups excluding carboxylic acids is 1. The van der Waals surface area contributed by atoms with E-state index in [-0.39, 0.29) is 5.91 Å². The zero-order valence-corrected chi connectivity index (χ0v) is 15.0. The Hall–Kier alpha value is -3.67. The van der Waals surface area contributed by atoms with Gasteiger partial charge in [0.1, 0.15) is 0 Å². The molecule has 0 aliphatic heterocycles. The van der Waals surface area contributed by atoms with Crippen molar-refractivity contribution in [3.8, 4) is 11.5 Å². The van der Waals surface area contributed by atoms with E-state index in [4.69, 9.17) is 9.47 Å². The SMILES string of the molecule is COc1ccc(C(=O)N/N=C(\c2ccccc2)c2ccncc2)cc1OC. The Balaban J connectivity index is 1.90. The van der Waals surface area contributed by atoms with E-state index >= 15 is 0 Å². The normalized spacial score (nSPS) is 11.0. The van der Waals surface area contributed by atoms with Gasteiger partial charge in [0.2, 0.25) is 0 Å². The number of hydrogen-bond donors (Lipinski definition) is 1. The minimum Gasteiger partial charge on any atom is -0.493 e. The van der Waals surface area contributed by atoms with Crippen molar-refractivity contribution in [3.63, 3.8) is 0 Å². The number of carbonyl (C=O) groups is 1. The highest BCUT2D eigenvalue weighted by Gasteiger charge is 2.12. The molecular formula is C21H19N3O3. The van der Waals surface area contributed by atoms with Crippen molar-refractivity contribution in [2.45, 2.75) is 0 Å². The van der Waals surface area contributed by atoms with Crippen LogP contribution in [0, 0.1) is 0 Å². The third-order valence-electron chi connectivity index (χ3n) is 3.92. The minimum atomic E-state index is -0.349. The highest BCUT2D eigenvalue weighted by molar-refractivity contribution is 6.13. The van der Waals surface area contributed by atoms with Gasteiger partial charge in [-0.25, -0.2) is 5.43 Å². The lowest BCUT2D eigenvalue weighted by molar-refractivity contribution is 0.0954. The lowest BCUT2D eigenvalue weighted by Crippen LogP contribution is -2.20. The minimum absolute atomic E-state index is 0.349. The molecule has 0 saturated heterocycles. The summed E-state index contributed by atoms with van der Waals surface area (Å²) in [6, 6.07) is 18.3. The second-order valence-electron chi connectivity index (χ2n) is 5.57. The average Bonchev–Trinajstić information content (AvgIpc) is 2.74. The van der Waals surface area contributed by atoms with Gasteiger partial charge in [0.15, 0.2) is 11.5 Å². The second-order valence-corrected chi connectivity index (χ2v) is 5.57. The third-order valence-corrected chi connectivity index (χ3v) is 3.92. The molecule has 0 spiro atoms. The van der Waals surface area contributed by atoms with Gasteiger partial charge in [-0.15, -0.1) is 0 Å². The van der Waals surface area contributed by atoms with Gasteiger partial charge in [-0.3, -0.25) is 9.78 Å². The number of benzene rings is 2. The molecule has 2 aromatic carbocycles. The van der Waals surface area contributed by atoms with Gasteiger partial charge in [0.25, 0.3) is 5.91 Å². The Kier molecular flexibility index (Phi) is 5.79. The average molecular weight is 361 g/mol. The van der Waals surface area contributed by atoms with Gasteiger partial charge in [-0.1, -0.05) is 30.3 Å². The van der Waals surface area contributed by atoms with Crippen LogP contribution in [-0.4, -0.2) is 30.8 Å². The molecule has 0 bridgehead atoms. The smallest absolute Gasteiger partial charge is 0.271 e. The van der Waals surface area contributed by atoms with E-state index in [9.17, 15) is 4.79 Å². The number of nitrogens with zero attached hydrogens (tertiary/aromatic N) is 2. The molecule has 0 fully saturated rings. The fourth-order valence-electron chi connectivity index (χ4n) is 2.55. The predicted molar refractivity (Wildman–Crippen MR) is 103 cm³/mol. The van der Waals surface area contributed by atoms with Crippen LogP contribution < -0.4 is 14.9 Å². The predicted octanol–water partition coefficient (Wildman–Crippen LogP) is 3.28. The maximum Gasteiger partial charge on any atom is 0.271 e. The molecule has 136 valence electrons. The molecule has 27 heavy (non-hydrogen) atoms. The van der Waals surface area contributed by atoms with Crippen molar-refractivity contribution in [3.05, 3.63) is 89.7 Å². The quantitative estimate of drug-likeness (QED) is 0.540. The summed E-state index contributed by atoms with van der Waals surface area (Å²) in [4.78, 5) is 16.6. The molecule has 0 aliphatic rings. The summed E-state index contributed by atoms with van der Waals surface area (Å²) in [6.45, 7) is 0. The molecule has 1 N–H and O–H groups in total. The maximum absolute atomic E-state index is 12.6. The lowest BCUT2D eigenvalue weighted by Gasteiger charge is -2.10. The summed E-state index contributed by atoms with van der Waals surface area (Å²) in [5.74, 6) is 0.685. The summed E-state index contributed by atoms with van der Waals surface area (Å²) in [7, 11) is 3.07. The number of methoxy groups -OCH3 is 2. The maximum atomic E-state index is 12.6. The summed E-state index contributed by atoms with van der Waals surface area (Å²) < 4.78 is 10.4. The number of pyridine rings is 1. The second kappa shape index (κ2) is 8.62. The molecule has 0 unspecified atom stereocenters. The Labute approximate surface area is 157 Å². The van der Waals surface area contributed by atoms with Crippen LogP contribution in [0.5, 0.6) is 11.5 Å². The van der Waals surface area contributed by atoms with Crippen molar-refractivity contribution < 1.29 is 14.3 Å². The first-order valence-electron chi connectivity index (χ1n) is 8.29. The number of ether oxygens (including phenoxy) is 2. The molecule has 1 aromatic heterocycles. The van der Waals surface area contributed by atoms with Crippen molar-refractivity contribution in [2.75, 3.05) is 14.2 Å². The van der Waals surface area contributed by atoms with Gasteiger partial charge in [0.05, 0.1) is 19.9 Å². The standard InChI is InChI=1S/C21H19N3O3/c1-26-18-9-8-17(14-19(18)27-2)21(25)24-23-20(15-6-4-3-5-7-15)16-10-12-22-13-11-16/h3-14H,1-2H3,(H,24,25)/b23-20+. The third kappa shape index (κ3) is 4.30.